The predicted molar refractivity (Wildman–Crippen MR) is 101 cm³/mol. The van der Waals surface area contributed by atoms with Gasteiger partial charge >= 0.3 is 5.97 Å². The number of benzene rings is 1. The van der Waals surface area contributed by atoms with E-state index in [2.05, 4.69) is 5.32 Å². The molecule has 0 aliphatic heterocycles. The number of carbonyl (C=O) groups excluding carboxylic acids is 2. The SMILES string of the molecule is CCOC(=O)c1c(C)c(C(=O)Nc2ccccc2OCC)c(C)n1CC. The maximum absolute atomic E-state index is 12.9. The molecule has 6 heteroatoms. The van der Waals surface area contributed by atoms with Crippen LogP contribution in [0.1, 0.15) is 52.9 Å². The molecule has 0 aliphatic carbocycles. The summed E-state index contributed by atoms with van der Waals surface area (Å²) in [6, 6.07) is 7.28. The van der Waals surface area contributed by atoms with Gasteiger partial charge in [0.25, 0.3) is 5.91 Å². The maximum Gasteiger partial charge on any atom is 0.355 e. The molecule has 1 N–H and O–H groups in total. The third-order valence-corrected chi connectivity index (χ3v) is 4.21. The molecule has 1 aromatic heterocycles. The number of nitrogens with zero attached hydrogens (tertiary/aromatic N) is 1. The van der Waals surface area contributed by atoms with Gasteiger partial charge in [-0.25, -0.2) is 4.79 Å². The average molecular weight is 358 g/mol. The fraction of sp³-hybridized carbons (Fsp3) is 0.400. The van der Waals surface area contributed by atoms with Crippen molar-refractivity contribution < 1.29 is 19.1 Å². The van der Waals surface area contributed by atoms with Crippen LogP contribution in [0.5, 0.6) is 5.75 Å². The van der Waals surface area contributed by atoms with Crippen LogP contribution in [0.4, 0.5) is 5.69 Å². The van der Waals surface area contributed by atoms with Gasteiger partial charge in [0.15, 0.2) is 0 Å². The number of hydrogen-bond acceptors (Lipinski definition) is 4. The quantitative estimate of drug-likeness (QED) is 0.761. The van der Waals surface area contributed by atoms with Gasteiger partial charge in [-0.2, -0.15) is 0 Å². The molecule has 0 bridgehead atoms. The molecule has 0 saturated heterocycles. The minimum Gasteiger partial charge on any atom is -0.492 e. The Morgan fingerprint density at radius 1 is 1.08 bits per heavy atom. The molecule has 0 fully saturated rings. The van der Waals surface area contributed by atoms with Crippen LogP contribution < -0.4 is 10.1 Å². The number of esters is 1. The Kier molecular flexibility index (Phi) is 6.44. The number of aromatic nitrogens is 1. The summed E-state index contributed by atoms with van der Waals surface area (Å²) < 4.78 is 12.5. The smallest absolute Gasteiger partial charge is 0.355 e. The number of para-hydroxylation sites is 2. The van der Waals surface area contributed by atoms with E-state index in [1.54, 1.807) is 26.0 Å². The molecule has 0 saturated carbocycles. The Labute approximate surface area is 154 Å². The van der Waals surface area contributed by atoms with Crippen molar-refractivity contribution in [3.8, 4) is 5.75 Å². The van der Waals surface area contributed by atoms with E-state index >= 15 is 0 Å². The van der Waals surface area contributed by atoms with Crippen LogP contribution >= 0.6 is 0 Å². The molecule has 6 nitrogen and oxygen atoms in total. The van der Waals surface area contributed by atoms with Gasteiger partial charge < -0.3 is 19.4 Å². The lowest BCUT2D eigenvalue weighted by molar-refractivity contribution is 0.0512. The highest BCUT2D eigenvalue weighted by atomic mass is 16.5. The van der Waals surface area contributed by atoms with E-state index in [1.807, 2.05) is 37.5 Å². The third-order valence-electron chi connectivity index (χ3n) is 4.21. The third kappa shape index (κ3) is 3.74. The molecule has 1 amide bonds. The van der Waals surface area contributed by atoms with Crippen molar-refractivity contribution in [2.75, 3.05) is 18.5 Å². The van der Waals surface area contributed by atoms with Crippen molar-refractivity contribution in [2.24, 2.45) is 0 Å². The van der Waals surface area contributed by atoms with Crippen molar-refractivity contribution in [3.05, 3.63) is 46.8 Å². The normalized spacial score (nSPS) is 10.5. The summed E-state index contributed by atoms with van der Waals surface area (Å²) in [6.07, 6.45) is 0. The van der Waals surface area contributed by atoms with E-state index in [9.17, 15) is 9.59 Å². The van der Waals surface area contributed by atoms with E-state index in [1.165, 1.54) is 0 Å². The molecule has 26 heavy (non-hydrogen) atoms. The van der Waals surface area contributed by atoms with Crippen molar-refractivity contribution in [1.29, 1.82) is 0 Å². The van der Waals surface area contributed by atoms with Gasteiger partial charge in [-0.05, 0) is 52.3 Å². The predicted octanol–water partition coefficient (Wildman–Crippen LogP) is 3.95. The molecule has 1 heterocycles. The summed E-state index contributed by atoms with van der Waals surface area (Å²) in [5.41, 5.74) is 2.87. The highest BCUT2D eigenvalue weighted by molar-refractivity contribution is 6.09. The van der Waals surface area contributed by atoms with Crippen LogP contribution in [0.25, 0.3) is 0 Å². The molecular formula is C20H26N2O4. The number of carbonyl (C=O) groups is 2. The van der Waals surface area contributed by atoms with Crippen molar-refractivity contribution >= 4 is 17.6 Å². The summed E-state index contributed by atoms with van der Waals surface area (Å²) in [5, 5.41) is 2.90. The van der Waals surface area contributed by atoms with Gasteiger partial charge in [0, 0.05) is 12.2 Å². The molecule has 140 valence electrons. The van der Waals surface area contributed by atoms with Crippen LogP contribution in [0.2, 0.25) is 0 Å². The topological polar surface area (TPSA) is 69.6 Å². The molecule has 0 aliphatic rings. The van der Waals surface area contributed by atoms with Crippen LogP contribution in [0, 0.1) is 13.8 Å². The van der Waals surface area contributed by atoms with Crippen molar-refractivity contribution in [3.63, 3.8) is 0 Å². The van der Waals surface area contributed by atoms with Gasteiger partial charge in [-0.1, -0.05) is 12.1 Å². The summed E-state index contributed by atoms with van der Waals surface area (Å²) in [5.74, 6) is -0.0761. The number of amides is 1. The minimum absolute atomic E-state index is 0.273. The average Bonchev–Trinajstić information content (AvgIpc) is 2.87. The first-order valence-corrected chi connectivity index (χ1v) is 8.86. The van der Waals surface area contributed by atoms with E-state index in [4.69, 9.17) is 9.47 Å². The Hall–Kier alpha value is -2.76. The highest BCUT2D eigenvalue weighted by Gasteiger charge is 2.27. The fourth-order valence-corrected chi connectivity index (χ4v) is 3.12. The largest absolute Gasteiger partial charge is 0.492 e. The number of hydrogen-bond donors (Lipinski definition) is 1. The minimum atomic E-state index is -0.413. The molecule has 2 rings (SSSR count). The summed E-state index contributed by atoms with van der Waals surface area (Å²) in [6.45, 7) is 10.6. The lowest BCUT2D eigenvalue weighted by atomic mass is 10.1. The molecular weight excluding hydrogens is 332 g/mol. The first-order valence-electron chi connectivity index (χ1n) is 8.86. The van der Waals surface area contributed by atoms with E-state index < -0.39 is 5.97 Å². The molecule has 1 aromatic carbocycles. The second-order valence-electron chi connectivity index (χ2n) is 5.78. The van der Waals surface area contributed by atoms with E-state index in [0.29, 0.717) is 41.4 Å². The molecule has 2 aromatic rings. The van der Waals surface area contributed by atoms with Gasteiger partial charge in [-0.3, -0.25) is 4.79 Å². The first-order chi connectivity index (χ1) is 12.5. The Morgan fingerprint density at radius 2 is 1.77 bits per heavy atom. The lowest BCUT2D eigenvalue weighted by Gasteiger charge is -2.12. The first kappa shape index (κ1) is 19.6. The zero-order valence-corrected chi connectivity index (χ0v) is 16.0. The van der Waals surface area contributed by atoms with Crippen molar-refractivity contribution in [1.82, 2.24) is 4.57 Å². The summed E-state index contributed by atoms with van der Waals surface area (Å²) in [7, 11) is 0. The van der Waals surface area contributed by atoms with E-state index in [0.717, 1.165) is 5.69 Å². The number of rotatable bonds is 7. The van der Waals surface area contributed by atoms with E-state index in [-0.39, 0.29) is 12.5 Å². The second-order valence-corrected chi connectivity index (χ2v) is 5.78. The van der Waals surface area contributed by atoms with Gasteiger partial charge in [0.1, 0.15) is 11.4 Å². The van der Waals surface area contributed by atoms with Crippen LogP contribution in [-0.2, 0) is 11.3 Å². The molecule has 0 spiro atoms. The zero-order chi connectivity index (χ0) is 19.3. The second kappa shape index (κ2) is 8.56. The standard InChI is InChI=1S/C20H26N2O4/c1-6-22-14(5)17(13(4)18(22)20(24)26-8-3)19(23)21-15-11-9-10-12-16(15)25-7-2/h9-12H,6-8H2,1-5H3,(H,21,23). The van der Waals surface area contributed by atoms with Gasteiger partial charge in [0.2, 0.25) is 0 Å². The van der Waals surface area contributed by atoms with Crippen LogP contribution in [0.3, 0.4) is 0 Å². The lowest BCUT2D eigenvalue weighted by Crippen LogP contribution is -2.15. The highest BCUT2D eigenvalue weighted by Crippen LogP contribution is 2.27. The molecule has 0 atom stereocenters. The van der Waals surface area contributed by atoms with Crippen LogP contribution in [0.15, 0.2) is 24.3 Å². The number of anilines is 1. The Balaban J connectivity index is 2.43. The fourth-order valence-electron chi connectivity index (χ4n) is 3.12. The van der Waals surface area contributed by atoms with Crippen molar-refractivity contribution in [2.45, 2.75) is 41.2 Å². The Bertz CT molecular complexity index is 808. The zero-order valence-electron chi connectivity index (χ0n) is 16.0. The maximum atomic E-state index is 12.9. The Morgan fingerprint density at radius 3 is 2.38 bits per heavy atom. The molecule has 0 unspecified atom stereocenters. The summed E-state index contributed by atoms with van der Waals surface area (Å²) in [4.78, 5) is 25.3. The van der Waals surface area contributed by atoms with Gasteiger partial charge in [-0.15, -0.1) is 0 Å². The van der Waals surface area contributed by atoms with Crippen LogP contribution in [-0.4, -0.2) is 29.7 Å². The molecule has 0 radical (unpaired) electrons. The number of ether oxygens (including phenoxy) is 2. The summed E-state index contributed by atoms with van der Waals surface area (Å²) >= 11 is 0. The monoisotopic (exact) mass is 358 g/mol. The van der Waals surface area contributed by atoms with Gasteiger partial charge in [0.05, 0.1) is 24.5 Å². The number of nitrogens with one attached hydrogen (secondary N) is 1.